The maximum atomic E-state index is 9.02. The molecule has 0 aliphatic rings. The van der Waals surface area contributed by atoms with E-state index >= 15 is 0 Å². The van der Waals surface area contributed by atoms with Crippen LogP contribution in [0.2, 0.25) is 0 Å². The molecule has 0 heterocycles. The highest BCUT2D eigenvalue weighted by atomic mass is 16.4. The first-order chi connectivity index (χ1) is 6.15. The minimum Gasteiger partial charge on any atom is -0.508 e. The molecule has 0 fully saturated rings. The normalized spacial score (nSPS) is 14.2. The smallest absolute Gasteiger partial charge is 0.115 e. The van der Waals surface area contributed by atoms with Crippen LogP contribution in [0, 0.1) is 0 Å². The molecule has 0 aliphatic heterocycles. The van der Waals surface area contributed by atoms with Crippen molar-refractivity contribution in [1.82, 2.24) is 0 Å². The Hall–Kier alpha value is -1.55. The van der Waals surface area contributed by atoms with E-state index < -0.39 is 0 Å². The van der Waals surface area contributed by atoms with Gasteiger partial charge in [-0.15, -0.1) is 0 Å². The van der Waals surface area contributed by atoms with Gasteiger partial charge in [-0.3, -0.25) is 0 Å². The summed E-state index contributed by atoms with van der Waals surface area (Å²) in [7, 11) is 0. The molecule has 1 unspecified atom stereocenters. The summed E-state index contributed by atoms with van der Waals surface area (Å²) in [4.78, 5) is 0. The van der Waals surface area contributed by atoms with Crippen molar-refractivity contribution in [1.29, 1.82) is 0 Å². The van der Waals surface area contributed by atoms with Crippen LogP contribution in [0.25, 0.3) is 0 Å². The van der Waals surface area contributed by atoms with Gasteiger partial charge >= 0.3 is 0 Å². The molecule has 1 aromatic rings. The second-order valence-electron chi connectivity index (χ2n) is 2.82. The molecule has 0 aliphatic carbocycles. The summed E-state index contributed by atoms with van der Waals surface area (Å²) in [6, 6.07) is 5.99. The number of hydrogen-bond donors (Lipinski definition) is 3. The summed E-state index contributed by atoms with van der Waals surface area (Å²) in [5.74, 6) is 0.172. The number of benzene rings is 1. The first-order valence-electron chi connectivity index (χ1n) is 3.92. The predicted octanol–water partition coefficient (Wildman–Crippen LogP) is 0.918. The third kappa shape index (κ3) is 2.19. The van der Waals surface area contributed by atoms with Crippen LogP contribution in [0.15, 0.2) is 29.4 Å². The number of oxime groups is 1. The molecule has 4 heteroatoms. The average Bonchev–Trinajstić information content (AvgIpc) is 2.09. The van der Waals surface area contributed by atoms with E-state index in [0.717, 1.165) is 0 Å². The molecular formula is C9H12N2O2. The van der Waals surface area contributed by atoms with E-state index in [9.17, 15) is 0 Å². The lowest BCUT2D eigenvalue weighted by Gasteiger charge is -2.07. The number of aromatic hydroxyl groups is 1. The van der Waals surface area contributed by atoms with Crippen molar-refractivity contribution < 1.29 is 10.3 Å². The van der Waals surface area contributed by atoms with Crippen LogP contribution in [0.1, 0.15) is 12.5 Å². The van der Waals surface area contributed by atoms with E-state index in [1.807, 2.05) is 0 Å². The monoisotopic (exact) mass is 180 g/mol. The largest absolute Gasteiger partial charge is 0.508 e. The van der Waals surface area contributed by atoms with E-state index in [2.05, 4.69) is 5.16 Å². The molecule has 0 amide bonds. The fourth-order valence-electron chi connectivity index (χ4n) is 1.04. The number of rotatable bonds is 2. The first kappa shape index (κ1) is 9.54. The van der Waals surface area contributed by atoms with E-state index in [1.165, 1.54) is 12.1 Å². The summed E-state index contributed by atoms with van der Waals surface area (Å²) < 4.78 is 0. The van der Waals surface area contributed by atoms with Gasteiger partial charge in [-0.2, -0.15) is 0 Å². The van der Waals surface area contributed by atoms with E-state index in [1.54, 1.807) is 19.1 Å². The molecule has 0 aromatic heterocycles. The van der Waals surface area contributed by atoms with Gasteiger partial charge in [0, 0.05) is 11.6 Å². The van der Waals surface area contributed by atoms with Gasteiger partial charge in [-0.05, 0) is 31.2 Å². The molecule has 70 valence electrons. The molecule has 13 heavy (non-hydrogen) atoms. The van der Waals surface area contributed by atoms with Crippen molar-refractivity contribution in [3.8, 4) is 5.75 Å². The fourth-order valence-corrected chi connectivity index (χ4v) is 1.04. The Kier molecular flexibility index (Phi) is 2.87. The summed E-state index contributed by atoms with van der Waals surface area (Å²) in [6.45, 7) is 1.72. The molecule has 0 radical (unpaired) electrons. The van der Waals surface area contributed by atoms with Crippen molar-refractivity contribution in [2.45, 2.75) is 13.0 Å². The second kappa shape index (κ2) is 3.91. The number of nitrogens with zero attached hydrogens (tertiary/aromatic N) is 1. The van der Waals surface area contributed by atoms with E-state index in [0.29, 0.717) is 11.3 Å². The Morgan fingerprint density at radius 2 is 1.92 bits per heavy atom. The zero-order valence-electron chi connectivity index (χ0n) is 7.31. The van der Waals surface area contributed by atoms with Crippen molar-refractivity contribution in [3.05, 3.63) is 29.8 Å². The van der Waals surface area contributed by atoms with Gasteiger partial charge in [-0.1, -0.05) is 5.16 Å². The van der Waals surface area contributed by atoms with Gasteiger partial charge in [0.05, 0.1) is 0 Å². The fraction of sp³-hybridized carbons (Fsp3) is 0.222. The molecule has 1 aromatic carbocycles. The van der Waals surface area contributed by atoms with Gasteiger partial charge in [0.2, 0.25) is 0 Å². The van der Waals surface area contributed by atoms with Gasteiger partial charge in [-0.25, -0.2) is 0 Å². The Labute approximate surface area is 76.3 Å². The zero-order valence-corrected chi connectivity index (χ0v) is 7.31. The molecule has 0 spiro atoms. The topological polar surface area (TPSA) is 78.8 Å². The lowest BCUT2D eigenvalue weighted by atomic mass is 10.1. The number of phenolic OH excluding ortho intramolecular Hbond substituents is 1. The van der Waals surface area contributed by atoms with Crippen LogP contribution in [-0.2, 0) is 0 Å². The highest BCUT2D eigenvalue weighted by Crippen LogP contribution is 2.11. The van der Waals surface area contributed by atoms with Crippen molar-refractivity contribution in [3.63, 3.8) is 0 Å². The SMILES string of the molecule is CC(N)/C(=N\O)c1ccc(O)cc1. The molecular weight excluding hydrogens is 168 g/mol. The maximum absolute atomic E-state index is 9.02. The van der Waals surface area contributed by atoms with Gasteiger partial charge < -0.3 is 16.0 Å². The van der Waals surface area contributed by atoms with Gasteiger partial charge in [0.25, 0.3) is 0 Å². The Morgan fingerprint density at radius 1 is 1.38 bits per heavy atom. The summed E-state index contributed by atoms with van der Waals surface area (Å²) in [6.07, 6.45) is 0. The average molecular weight is 180 g/mol. The Bertz CT molecular complexity index is 304. The quantitative estimate of drug-likeness (QED) is 0.359. The van der Waals surface area contributed by atoms with Gasteiger partial charge in [0.1, 0.15) is 11.5 Å². The molecule has 0 bridgehead atoms. The van der Waals surface area contributed by atoms with Crippen LogP contribution in [0.5, 0.6) is 5.75 Å². The predicted molar refractivity (Wildman–Crippen MR) is 50.1 cm³/mol. The Morgan fingerprint density at radius 3 is 2.31 bits per heavy atom. The highest BCUT2D eigenvalue weighted by Gasteiger charge is 2.08. The lowest BCUT2D eigenvalue weighted by molar-refractivity contribution is 0.317. The minimum atomic E-state index is -0.338. The molecule has 1 rings (SSSR count). The second-order valence-corrected chi connectivity index (χ2v) is 2.82. The van der Waals surface area contributed by atoms with Crippen molar-refractivity contribution in [2.24, 2.45) is 10.9 Å². The van der Waals surface area contributed by atoms with Crippen LogP contribution < -0.4 is 5.73 Å². The Balaban J connectivity index is 3.00. The highest BCUT2D eigenvalue weighted by molar-refractivity contribution is 6.03. The maximum Gasteiger partial charge on any atom is 0.115 e. The van der Waals surface area contributed by atoms with Crippen molar-refractivity contribution in [2.75, 3.05) is 0 Å². The molecule has 0 saturated carbocycles. The van der Waals surface area contributed by atoms with Crippen molar-refractivity contribution >= 4 is 5.71 Å². The zero-order chi connectivity index (χ0) is 9.84. The number of nitrogens with two attached hydrogens (primary N) is 1. The molecule has 0 saturated heterocycles. The van der Waals surface area contributed by atoms with Crippen LogP contribution >= 0.6 is 0 Å². The standard InChI is InChI=1S/C9H12N2O2/c1-6(10)9(11-13)7-2-4-8(12)5-3-7/h2-6,12-13H,10H2,1H3/b11-9+. The van der Waals surface area contributed by atoms with Gasteiger partial charge in [0.15, 0.2) is 0 Å². The van der Waals surface area contributed by atoms with E-state index in [4.69, 9.17) is 16.0 Å². The van der Waals surface area contributed by atoms with Crippen LogP contribution in [0.4, 0.5) is 0 Å². The van der Waals surface area contributed by atoms with E-state index in [-0.39, 0.29) is 11.8 Å². The van der Waals surface area contributed by atoms with Crippen LogP contribution in [0.3, 0.4) is 0 Å². The molecule has 4 nitrogen and oxygen atoms in total. The van der Waals surface area contributed by atoms with Crippen LogP contribution in [-0.4, -0.2) is 22.1 Å². The third-order valence-electron chi connectivity index (χ3n) is 1.70. The lowest BCUT2D eigenvalue weighted by Crippen LogP contribution is -2.27. The summed E-state index contributed by atoms with van der Waals surface area (Å²) >= 11 is 0. The molecule has 4 N–H and O–H groups in total. The first-order valence-corrected chi connectivity index (χ1v) is 3.92. The number of phenols is 1. The third-order valence-corrected chi connectivity index (χ3v) is 1.70. The summed E-state index contributed by atoms with van der Waals surface area (Å²) in [5, 5.41) is 20.8. The molecule has 1 atom stereocenters. The minimum absolute atomic E-state index is 0.172. The number of hydrogen-bond acceptors (Lipinski definition) is 4. The summed E-state index contributed by atoms with van der Waals surface area (Å²) in [5.41, 5.74) is 6.67.